The second kappa shape index (κ2) is 8.38. The maximum absolute atomic E-state index is 13.0. The minimum absolute atomic E-state index is 0. The fourth-order valence-corrected chi connectivity index (χ4v) is 5.69. The summed E-state index contributed by atoms with van der Waals surface area (Å²) in [5.74, 6) is -0.356. The predicted molar refractivity (Wildman–Crippen MR) is 122 cm³/mol. The number of carboxylic acid groups (broad SMARTS) is 1. The van der Waals surface area contributed by atoms with Gasteiger partial charge in [-0.2, -0.15) is 0 Å². The standard InChI is InChI=1S/C23H22N2O3S.ClH/c26-22(24-19-13-25-9-7-14(19)8-10-25)20-12-16-4-2-6-18(21(16)29-20)15-3-1-5-17(11-15)23(27)28;/h1-6,11-12,14,19H,7-10,13H2,(H,24,26)(H,27,28);1H/t19-;/m0./s1. The van der Waals surface area contributed by atoms with Crippen LogP contribution in [0.2, 0.25) is 0 Å². The Labute approximate surface area is 185 Å². The SMILES string of the molecule is Cl.O=C(O)c1cccc(-c2cccc3cc(C(=O)N[C@H]4CN5CCC4CC5)sc23)c1. The molecule has 3 aliphatic rings. The molecule has 5 nitrogen and oxygen atoms in total. The molecule has 1 aromatic heterocycles. The number of hydrogen-bond donors (Lipinski definition) is 2. The zero-order chi connectivity index (χ0) is 20.0. The molecule has 0 spiro atoms. The van der Waals surface area contributed by atoms with E-state index in [2.05, 4.69) is 10.2 Å². The molecule has 0 unspecified atom stereocenters. The van der Waals surface area contributed by atoms with Gasteiger partial charge in [0.2, 0.25) is 0 Å². The molecule has 30 heavy (non-hydrogen) atoms. The minimum atomic E-state index is -0.942. The van der Waals surface area contributed by atoms with Crippen molar-refractivity contribution in [2.75, 3.05) is 19.6 Å². The molecule has 156 valence electrons. The number of aromatic carboxylic acids is 1. The number of fused-ring (bicyclic) bond motifs is 4. The number of halogens is 1. The quantitative estimate of drug-likeness (QED) is 0.623. The molecule has 0 aliphatic carbocycles. The van der Waals surface area contributed by atoms with Crippen molar-refractivity contribution >= 4 is 45.7 Å². The van der Waals surface area contributed by atoms with Crippen molar-refractivity contribution in [2.24, 2.45) is 5.92 Å². The Morgan fingerprint density at radius 3 is 2.53 bits per heavy atom. The largest absolute Gasteiger partial charge is 0.478 e. The number of piperidine rings is 3. The van der Waals surface area contributed by atoms with Crippen LogP contribution in [0.25, 0.3) is 21.2 Å². The molecule has 3 aromatic rings. The van der Waals surface area contributed by atoms with Crippen LogP contribution in [-0.4, -0.2) is 47.6 Å². The summed E-state index contributed by atoms with van der Waals surface area (Å²) >= 11 is 1.48. The number of amides is 1. The zero-order valence-corrected chi connectivity index (χ0v) is 18.0. The Balaban J connectivity index is 0.00000218. The van der Waals surface area contributed by atoms with E-state index in [0.29, 0.717) is 10.8 Å². The summed E-state index contributed by atoms with van der Waals surface area (Å²) in [5, 5.41) is 13.6. The van der Waals surface area contributed by atoms with Gasteiger partial charge in [0.25, 0.3) is 5.91 Å². The van der Waals surface area contributed by atoms with Crippen LogP contribution in [0.1, 0.15) is 32.9 Å². The lowest BCUT2D eigenvalue weighted by Gasteiger charge is -2.44. The predicted octanol–water partition coefficient (Wildman–Crippen LogP) is 4.51. The van der Waals surface area contributed by atoms with E-state index in [4.69, 9.17) is 0 Å². The molecule has 3 aliphatic heterocycles. The third-order valence-electron chi connectivity index (χ3n) is 6.16. The number of benzene rings is 2. The molecule has 3 saturated heterocycles. The number of carbonyl (C=O) groups is 2. The third-order valence-corrected chi connectivity index (χ3v) is 7.34. The van der Waals surface area contributed by atoms with Crippen molar-refractivity contribution in [3.05, 3.63) is 59.0 Å². The Morgan fingerprint density at radius 2 is 1.83 bits per heavy atom. The van der Waals surface area contributed by atoms with Crippen molar-refractivity contribution in [1.82, 2.24) is 10.2 Å². The summed E-state index contributed by atoms with van der Waals surface area (Å²) in [7, 11) is 0. The molecule has 1 atom stereocenters. The van der Waals surface area contributed by atoms with E-state index in [1.165, 1.54) is 24.2 Å². The summed E-state index contributed by atoms with van der Waals surface area (Å²) in [6, 6.07) is 15.1. The highest BCUT2D eigenvalue weighted by atomic mass is 35.5. The average Bonchev–Trinajstić information content (AvgIpc) is 3.19. The second-order valence-electron chi connectivity index (χ2n) is 7.94. The van der Waals surface area contributed by atoms with Crippen LogP contribution in [0, 0.1) is 5.92 Å². The van der Waals surface area contributed by atoms with E-state index in [-0.39, 0.29) is 29.9 Å². The van der Waals surface area contributed by atoms with Gasteiger partial charge in [-0.3, -0.25) is 4.79 Å². The molecule has 6 rings (SSSR count). The Morgan fingerprint density at radius 1 is 1.07 bits per heavy atom. The lowest BCUT2D eigenvalue weighted by Crippen LogP contribution is -2.57. The van der Waals surface area contributed by atoms with Crippen LogP contribution >= 0.6 is 23.7 Å². The summed E-state index contributed by atoms with van der Waals surface area (Å²) in [6.07, 6.45) is 2.34. The van der Waals surface area contributed by atoms with Crippen LogP contribution in [0.5, 0.6) is 0 Å². The van der Waals surface area contributed by atoms with E-state index in [1.807, 2.05) is 30.3 Å². The molecule has 0 saturated carbocycles. The molecule has 7 heteroatoms. The van der Waals surface area contributed by atoms with Gasteiger partial charge in [0.05, 0.1) is 10.4 Å². The number of thiophene rings is 1. The highest BCUT2D eigenvalue weighted by Gasteiger charge is 2.35. The smallest absolute Gasteiger partial charge is 0.335 e. The minimum Gasteiger partial charge on any atom is -0.478 e. The van der Waals surface area contributed by atoms with Crippen LogP contribution in [-0.2, 0) is 0 Å². The number of carbonyl (C=O) groups excluding carboxylic acids is 1. The topological polar surface area (TPSA) is 69.6 Å². The van der Waals surface area contributed by atoms with Gasteiger partial charge in [0.1, 0.15) is 0 Å². The molecule has 2 N–H and O–H groups in total. The monoisotopic (exact) mass is 442 g/mol. The zero-order valence-electron chi connectivity index (χ0n) is 16.3. The number of rotatable bonds is 4. The van der Waals surface area contributed by atoms with Crippen LogP contribution in [0.3, 0.4) is 0 Å². The highest BCUT2D eigenvalue weighted by Crippen LogP contribution is 2.36. The lowest BCUT2D eigenvalue weighted by atomic mass is 9.84. The van der Waals surface area contributed by atoms with Crippen molar-refractivity contribution in [3.63, 3.8) is 0 Å². The summed E-state index contributed by atoms with van der Waals surface area (Å²) in [6.45, 7) is 3.26. The highest BCUT2D eigenvalue weighted by molar-refractivity contribution is 7.21. The van der Waals surface area contributed by atoms with Gasteiger partial charge in [-0.1, -0.05) is 30.3 Å². The molecular formula is C23H23ClN2O3S. The first-order chi connectivity index (χ1) is 14.1. The van der Waals surface area contributed by atoms with Crippen molar-refractivity contribution in [1.29, 1.82) is 0 Å². The molecule has 0 radical (unpaired) electrons. The van der Waals surface area contributed by atoms with Gasteiger partial charge in [-0.15, -0.1) is 23.7 Å². The summed E-state index contributed by atoms with van der Waals surface area (Å²) in [4.78, 5) is 27.4. The fraction of sp³-hybridized carbons (Fsp3) is 0.304. The number of nitrogens with one attached hydrogen (secondary N) is 1. The maximum Gasteiger partial charge on any atom is 0.335 e. The molecule has 2 bridgehead atoms. The van der Waals surface area contributed by atoms with Gasteiger partial charge in [0, 0.05) is 17.3 Å². The molecule has 1 amide bonds. The Bertz CT molecular complexity index is 1100. The first-order valence-electron chi connectivity index (χ1n) is 9.98. The van der Waals surface area contributed by atoms with Gasteiger partial charge in [-0.05, 0) is 66.6 Å². The average molecular weight is 443 g/mol. The first kappa shape index (κ1) is 20.8. The van der Waals surface area contributed by atoms with Crippen LogP contribution < -0.4 is 5.32 Å². The van der Waals surface area contributed by atoms with Crippen molar-refractivity contribution in [3.8, 4) is 11.1 Å². The molecule has 3 fully saturated rings. The molecular weight excluding hydrogens is 420 g/mol. The fourth-order valence-electron chi connectivity index (χ4n) is 4.59. The van der Waals surface area contributed by atoms with E-state index in [0.717, 1.165) is 40.8 Å². The van der Waals surface area contributed by atoms with Gasteiger partial charge in [-0.25, -0.2) is 4.79 Å². The second-order valence-corrected chi connectivity index (χ2v) is 8.99. The van der Waals surface area contributed by atoms with Crippen molar-refractivity contribution in [2.45, 2.75) is 18.9 Å². The number of hydrogen-bond acceptors (Lipinski definition) is 4. The van der Waals surface area contributed by atoms with Crippen LogP contribution in [0.4, 0.5) is 0 Å². The van der Waals surface area contributed by atoms with E-state index >= 15 is 0 Å². The Hall–Kier alpha value is -2.41. The third kappa shape index (κ3) is 3.83. The number of nitrogens with zero attached hydrogens (tertiary/aromatic N) is 1. The van der Waals surface area contributed by atoms with Gasteiger partial charge >= 0.3 is 5.97 Å². The number of carboxylic acids is 1. The maximum atomic E-state index is 13.0. The lowest BCUT2D eigenvalue weighted by molar-refractivity contribution is 0.0622. The van der Waals surface area contributed by atoms with E-state index in [9.17, 15) is 14.7 Å². The normalized spacial score (nSPS) is 22.5. The van der Waals surface area contributed by atoms with E-state index in [1.54, 1.807) is 18.2 Å². The van der Waals surface area contributed by atoms with Crippen LogP contribution in [0.15, 0.2) is 48.5 Å². The Kier molecular flexibility index (Phi) is 5.82. The molecule has 2 aromatic carbocycles. The summed E-state index contributed by atoms with van der Waals surface area (Å²) in [5.41, 5.74) is 2.07. The van der Waals surface area contributed by atoms with Crippen molar-refractivity contribution < 1.29 is 14.7 Å². The summed E-state index contributed by atoms with van der Waals surface area (Å²) < 4.78 is 1.01. The van der Waals surface area contributed by atoms with Gasteiger partial charge < -0.3 is 15.3 Å². The molecule has 4 heterocycles. The first-order valence-corrected chi connectivity index (χ1v) is 10.8. The van der Waals surface area contributed by atoms with E-state index < -0.39 is 5.97 Å². The van der Waals surface area contributed by atoms with Gasteiger partial charge in [0.15, 0.2) is 0 Å².